The van der Waals surface area contributed by atoms with Gasteiger partial charge in [-0.2, -0.15) is 0 Å². The van der Waals surface area contributed by atoms with Crippen LogP contribution in [0.5, 0.6) is 11.5 Å². The molecule has 1 N–H and O–H groups in total. The number of hydrogen-bond acceptors (Lipinski definition) is 4. The van der Waals surface area contributed by atoms with E-state index in [0.717, 1.165) is 22.4 Å². The Hall–Kier alpha value is -2.69. The summed E-state index contributed by atoms with van der Waals surface area (Å²) in [5.41, 5.74) is 4.05. The summed E-state index contributed by atoms with van der Waals surface area (Å²) in [5.74, 6) is 1.35. The average molecular weight is 382 g/mol. The predicted octanol–water partition coefficient (Wildman–Crippen LogP) is 5.59. The van der Waals surface area contributed by atoms with Crippen LogP contribution in [-0.2, 0) is 4.74 Å². The molecule has 0 bridgehead atoms. The lowest BCUT2D eigenvalue weighted by Crippen LogP contribution is -2.25. The number of halogens is 1. The molecule has 0 amide bonds. The molecule has 3 aromatic carbocycles. The fraction of sp³-hybridized carbons (Fsp3) is 0.182. The van der Waals surface area contributed by atoms with Gasteiger partial charge in [-0.05, 0) is 35.9 Å². The van der Waals surface area contributed by atoms with Gasteiger partial charge in [0.2, 0.25) is 0 Å². The van der Waals surface area contributed by atoms with E-state index in [1.807, 2.05) is 54.6 Å². The van der Waals surface area contributed by atoms with Gasteiger partial charge in [0.25, 0.3) is 0 Å². The molecule has 1 aliphatic rings. The van der Waals surface area contributed by atoms with Crippen LogP contribution < -0.4 is 14.8 Å². The van der Waals surface area contributed by atoms with Crippen LogP contribution in [0.25, 0.3) is 0 Å². The Morgan fingerprint density at radius 3 is 2.37 bits per heavy atom. The first-order valence-corrected chi connectivity index (χ1v) is 9.05. The summed E-state index contributed by atoms with van der Waals surface area (Å²) < 4.78 is 17.2. The average Bonchev–Trinajstić information content (AvgIpc) is 2.73. The summed E-state index contributed by atoms with van der Waals surface area (Å²) in [6.07, 6.45) is -0.553. The van der Waals surface area contributed by atoms with Gasteiger partial charge in [-0.25, -0.2) is 0 Å². The minimum absolute atomic E-state index is 0.223. The van der Waals surface area contributed by atoms with Crippen molar-refractivity contribution in [1.82, 2.24) is 0 Å². The molecule has 0 radical (unpaired) electrons. The maximum absolute atomic E-state index is 6.45. The zero-order valence-corrected chi connectivity index (χ0v) is 15.9. The normalized spacial score (nSPS) is 18.3. The summed E-state index contributed by atoms with van der Waals surface area (Å²) in [6, 6.07) is 21.7. The monoisotopic (exact) mass is 381 g/mol. The largest absolute Gasteiger partial charge is 0.493 e. The van der Waals surface area contributed by atoms with E-state index in [1.54, 1.807) is 14.2 Å². The smallest absolute Gasteiger partial charge is 0.161 e. The molecule has 1 aliphatic heterocycles. The molecule has 0 saturated heterocycles. The minimum atomic E-state index is -0.330. The van der Waals surface area contributed by atoms with E-state index in [-0.39, 0.29) is 12.3 Å². The van der Waals surface area contributed by atoms with E-state index < -0.39 is 0 Å². The van der Waals surface area contributed by atoms with Crippen LogP contribution in [0.4, 0.5) is 5.69 Å². The van der Waals surface area contributed by atoms with Crippen molar-refractivity contribution in [2.75, 3.05) is 19.5 Å². The van der Waals surface area contributed by atoms with E-state index in [9.17, 15) is 0 Å². The van der Waals surface area contributed by atoms with E-state index in [1.165, 1.54) is 0 Å². The molecule has 0 aliphatic carbocycles. The van der Waals surface area contributed by atoms with E-state index in [0.29, 0.717) is 16.5 Å². The van der Waals surface area contributed by atoms with Gasteiger partial charge in [0.15, 0.2) is 17.7 Å². The predicted molar refractivity (Wildman–Crippen MR) is 107 cm³/mol. The van der Waals surface area contributed by atoms with Gasteiger partial charge in [0.05, 0.1) is 14.2 Å². The Balaban J connectivity index is 1.76. The first kappa shape index (κ1) is 17.7. The van der Waals surface area contributed by atoms with Gasteiger partial charge in [-0.15, -0.1) is 0 Å². The minimum Gasteiger partial charge on any atom is -0.493 e. The highest BCUT2D eigenvalue weighted by Gasteiger charge is 2.30. The second-order valence-corrected chi connectivity index (χ2v) is 6.73. The van der Waals surface area contributed by atoms with Crippen molar-refractivity contribution in [2.45, 2.75) is 12.3 Å². The molecule has 5 heteroatoms. The SMILES string of the molecule is COc1ccc([C@H]2Nc3ccc(Cl)cc3[C@@H](c3ccccc3)O2)cc1OC. The van der Waals surface area contributed by atoms with Gasteiger partial charge in [0.1, 0.15) is 6.10 Å². The molecular formula is C22H20ClNO3. The molecule has 3 aromatic rings. The molecule has 4 rings (SSSR count). The summed E-state index contributed by atoms with van der Waals surface area (Å²) in [7, 11) is 3.25. The third kappa shape index (κ3) is 3.46. The Kier molecular flexibility index (Phi) is 4.92. The van der Waals surface area contributed by atoms with Crippen LogP contribution in [0.2, 0.25) is 5.02 Å². The van der Waals surface area contributed by atoms with Crippen molar-refractivity contribution in [3.63, 3.8) is 0 Å². The summed E-state index contributed by atoms with van der Waals surface area (Å²) in [4.78, 5) is 0. The molecule has 4 nitrogen and oxygen atoms in total. The Morgan fingerprint density at radius 2 is 1.63 bits per heavy atom. The number of benzene rings is 3. The second kappa shape index (κ2) is 7.51. The summed E-state index contributed by atoms with van der Waals surface area (Å²) in [5, 5.41) is 4.14. The zero-order chi connectivity index (χ0) is 18.8. The van der Waals surface area contributed by atoms with Crippen LogP contribution >= 0.6 is 11.6 Å². The molecule has 27 heavy (non-hydrogen) atoms. The molecule has 1 heterocycles. The third-order valence-electron chi connectivity index (χ3n) is 4.67. The van der Waals surface area contributed by atoms with Crippen molar-refractivity contribution in [2.24, 2.45) is 0 Å². The highest BCUT2D eigenvalue weighted by Crippen LogP contribution is 2.43. The number of rotatable bonds is 4. The molecule has 0 spiro atoms. The van der Waals surface area contributed by atoms with Crippen molar-refractivity contribution in [1.29, 1.82) is 0 Å². The maximum Gasteiger partial charge on any atom is 0.161 e. The third-order valence-corrected chi connectivity index (χ3v) is 4.90. The van der Waals surface area contributed by atoms with Crippen LogP contribution in [0.3, 0.4) is 0 Å². The molecule has 0 fully saturated rings. The number of anilines is 1. The van der Waals surface area contributed by atoms with Crippen LogP contribution in [-0.4, -0.2) is 14.2 Å². The Bertz CT molecular complexity index is 946. The quantitative estimate of drug-likeness (QED) is 0.639. The first-order chi connectivity index (χ1) is 13.2. The topological polar surface area (TPSA) is 39.7 Å². The van der Waals surface area contributed by atoms with Gasteiger partial charge >= 0.3 is 0 Å². The molecular weight excluding hydrogens is 362 g/mol. The maximum atomic E-state index is 6.45. The van der Waals surface area contributed by atoms with Gasteiger partial charge in [-0.3, -0.25) is 0 Å². The Morgan fingerprint density at radius 1 is 0.852 bits per heavy atom. The van der Waals surface area contributed by atoms with Crippen molar-refractivity contribution in [3.8, 4) is 11.5 Å². The first-order valence-electron chi connectivity index (χ1n) is 8.68. The lowest BCUT2D eigenvalue weighted by molar-refractivity contribution is 0.0156. The molecule has 0 saturated carbocycles. The number of nitrogens with one attached hydrogen (secondary N) is 1. The molecule has 138 valence electrons. The lowest BCUT2D eigenvalue weighted by atomic mass is 9.97. The van der Waals surface area contributed by atoms with E-state index in [4.69, 9.17) is 25.8 Å². The van der Waals surface area contributed by atoms with Gasteiger partial charge < -0.3 is 19.5 Å². The molecule has 2 atom stereocenters. The highest BCUT2D eigenvalue weighted by molar-refractivity contribution is 6.30. The highest BCUT2D eigenvalue weighted by atomic mass is 35.5. The lowest BCUT2D eigenvalue weighted by Gasteiger charge is -2.34. The van der Waals surface area contributed by atoms with Gasteiger partial charge in [0, 0.05) is 21.8 Å². The fourth-order valence-corrected chi connectivity index (χ4v) is 3.51. The standard InChI is InChI=1S/C22H20ClNO3/c1-25-19-11-8-15(12-20(19)26-2)22-24-18-10-9-16(23)13-17(18)21(27-22)14-6-4-3-5-7-14/h3-13,21-22,24H,1-2H3/t21-,22+/m1/s1. The number of ether oxygens (including phenoxy) is 3. The van der Waals surface area contributed by atoms with Crippen LogP contribution in [0.1, 0.15) is 29.0 Å². The Labute approximate surface area is 163 Å². The van der Waals surface area contributed by atoms with Crippen molar-refractivity contribution >= 4 is 17.3 Å². The number of fused-ring (bicyclic) bond motifs is 1. The van der Waals surface area contributed by atoms with Crippen LogP contribution in [0.15, 0.2) is 66.7 Å². The number of methoxy groups -OCH3 is 2. The summed E-state index contributed by atoms with van der Waals surface area (Å²) in [6.45, 7) is 0. The fourth-order valence-electron chi connectivity index (χ4n) is 3.33. The van der Waals surface area contributed by atoms with Gasteiger partial charge in [-0.1, -0.05) is 48.0 Å². The second-order valence-electron chi connectivity index (χ2n) is 6.30. The van der Waals surface area contributed by atoms with Crippen molar-refractivity contribution < 1.29 is 14.2 Å². The van der Waals surface area contributed by atoms with Crippen molar-refractivity contribution in [3.05, 3.63) is 88.4 Å². The van der Waals surface area contributed by atoms with E-state index >= 15 is 0 Å². The molecule has 0 unspecified atom stereocenters. The zero-order valence-electron chi connectivity index (χ0n) is 15.1. The number of hydrogen-bond donors (Lipinski definition) is 1. The summed E-state index contributed by atoms with van der Waals surface area (Å²) >= 11 is 6.24. The van der Waals surface area contributed by atoms with E-state index in [2.05, 4.69) is 17.4 Å². The molecule has 0 aromatic heterocycles. The van der Waals surface area contributed by atoms with Crippen LogP contribution in [0, 0.1) is 0 Å².